The van der Waals surface area contributed by atoms with Crippen LogP contribution in [0.4, 0.5) is 23.1 Å². The van der Waals surface area contributed by atoms with Crippen molar-refractivity contribution in [2.75, 3.05) is 24.9 Å². The number of methoxy groups -OCH3 is 2. The Hall–Kier alpha value is -3.32. The Morgan fingerprint density at radius 3 is 2.52 bits per heavy atom. The van der Waals surface area contributed by atoms with Crippen molar-refractivity contribution >= 4 is 40.7 Å². The summed E-state index contributed by atoms with van der Waals surface area (Å²) in [5.74, 6) is 1.22. The zero-order chi connectivity index (χ0) is 19.2. The molecular formula is C19H17ClN4O3. The van der Waals surface area contributed by atoms with Crippen LogP contribution >= 0.6 is 11.6 Å². The van der Waals surface area contributed by atoms with Crippen LogP contribution in [0.1, 0.15) is 10.4 Å². The molecule has 0 saturated carbocycles. The van der Waals surface area contributed by atoms with Crippen LogP contribution in [0, 0.1) is 0 Å². The van der Waals surface area contributed by atoms with Gasteiger partial charge >= 0.3 is 5.97 Å². The number of rotatable bonds is 6. The highest BCUT2D eigenvalue weighted by Gasteiger charge is 2.08. The monoisotopic (exact) mass is 384 g/mol. The van der Waals surface area contributed by atoms with E-state index in [4.69, 9.17) is 16.3 Å². The molecule has 0 saturated heterocycles. The third-order valence-corrected chi connectivity index (χ3v) is 3.88. The first kappa shape index (κ1) is 18.5. The van der Waals surface area contributed by atoms with Crippen LogP contribution in [0.3, 0.4) is 0 Å². The average Bonchev–Trinajstić information content (AvgIpc) is 2.68. The van der Waals surface area contributed by atoms with Crippen LogP contribution in [0.2, 0.25) is 5.02 Å². The first-order valence-electron chi connectivity index (χ1n) is 7.98. The molecule has 2 aromatic carbocycles. The molecule has 3 rings (SSSR count). The summed E-state index contributed by atoms with van der Waals surface area (Å²) in [6.07, 6.45) is 1.62. The highest BCUT2D eigenvalue weighted by Crippen LogP contribution is 2.30. The number of aromatic nitrogens is 2. The minimum Gasteiger partial charge on any atom is -0.495 e. The Morgan fingerprint density at radius 1 is 1.04 bits per heavy atom. The molecule has 1 aromatic heterocycles. The van der Waals surface area contributed by atoms with Crippen molar-refractivity contribution in [3.8, 4) is 5.75 Å². The highest BCUT2D eigenvalue weighted by atomic mass is 35.5. The SMILES string of the molecule is COC(=O)c1ccc(Nc2nccc(Nc3cc(Cl)ccc3OC)n2)cc1. The number of halogens is 1. The lowest BCUT2D eigenvalue weighted by atomic mass is 10.2. The molecule has 0 fully saturated rings. The molecule has 0 aliphatic carbocycles. The van der Waals surface area contributed by atoms with Gasteiger partial charge in [-0.25, -0.2) is 9.78 Å². The second-order valence-electron chi connectivity index (χ2n) is 5.43. The minimum absolute atomic E-state index is 0.389. The average molecular weight is 385 g/mol. The van der Waals surface area contributed by atoms with Gasteiger partial charge in [0, 0.05) is 16.9 Å². The van der Waals surface area contributed by atoms with Crippen molar-refractivity contribution in [3.05, 3.63) is 65.3 Å². The van der Waals surface area contributed by atoms with Crippen molar-refractivity contribution in [3.63, 3.8) is 0 Å². The lowest BCUT2D eigenvalue weighted by Crippen LogP contribution is -2.03. The third kappa shape index (κ3) is 4.65. The predicted octanol–water partition coefficient (Wildman–Crippen LogP) is 4.41. The maximum atomic E-state index is 11.5. The molecule has 0 aliphatic heterocycles. The van der Waals surface area contributed by atoms with Gasteiger partial charge in [-0.05, 0) is 48.5 Å². The van der Waals surface area contributed by atoms with E-state index < -0.39 is 0 Å². The normalized spacial score (nSPS) is 10.2. The number of carbonyl (C=O) groups is 1. The Labute approximate surface area is 161 Å². The summed E-state index contributed by atoms with van der Waals surface area (Å²) >= 11 is 6.05. The molecule has 0 amide bonds. The zero-order valence-corrected chi connectivity index (χ0v) is 15.4. The van der Waals surface area contributed by atoms with Gasteiger partial charge in [-0.1, -0.05) is 11.6 Å². The number of carbonyl (C=O) groups excluding carboxylic acids is 1. The van der Waals surface area contributed by atoms with Gasteiger partial charge in [0.15, 0.2) is 0 Å². The molecule has 2 N–H and O–H groups in total. The van der Waals surface area contributed by atoms with Gasteiger partial charge in [0.05, 0.1) is 25.5 Å². The Bertz CT molecular complexity index is 948. The van der Waals surface area contributed by atoms with Crippen LogP contribution in [0.25, 0.3) is 0 Å². The number of hydrogen-bond acceptors (Lipinski definition) is 7. The van der Waals surface area contributed by atoms with Crippen molar-refractivity contribution < 1.29 is 14.3 Å². The van der Waals surface area contributed by atoms with E-state index in [2.05, 4.69) is 25.3 Å². The number of nitrogens with zero attached hydrogens (tertiary/aromatic N) is 2. The molecule has 8 heteroatoms. The Balaban J connectivity index is 1.76. The molecule has 0 spiro atoms. The standard InChI is InChI=1S/C19H17ClN4O3/c1-26-16-8-5-13(20)11-15(16)23-17-9-10-21-19(24-17)22-14-6-3-12(4-7-14)18(25)27-2/h3-11H,1-2H3,(H2,21,22,23,24). The molecule has 1 heterocycles. The lowest BCUT2D eigenvalue weighted by Gasteiger charge is -2.12. The maximum Gasteiger partial charge on any atom is 0.337 e. The number of hydrogen-bond donors (Lipinski definition) is 2. The molecule has 3 aromatic rings. The highest BCUT2D eigenvalue weighted by molar-refractivity contribution is 6.31. The van der Waals surface area contributed by atoms with Crippen LogP contribution in [-0.2, 0) is 4.74 Å². The smallest absolute Gasteiger partial charge is 0.337 e. The van der Waals surface area contributed by atoms with E-state index in [1.54, 1.807) is 61.8 Å². The summed E-state index contributed by atoms with van der Waals surface area (Å²) in [5.41, 5.74) is 1.89. The van der Waals surface area contributed by atoms with E-state index in [0.29, 0.717) is 33.8 Å². The van der Waals surface area contributed by atoms with Crippen LogP contribution in [-0.4, -0.2) is 30.2 Å². The summed E-state index contributed by atoms with van der Waals surface area (Å²) in [5, 5.41) is 6.82. The van der Waals surface area contributed by atoms with Crippen LogP contribution < -0.4 is 15.4 Å². The fraction of sp³-hybridized carbons (Fsp3) is 0.105. The Kier molecular flexibility index (Phi) is 5.73. The summed E-state index contributed by atoms with van der Waals surface area (Å²) in [7, 11) is 2.93. The van der Waals surface area contributed by atoms with Crippen molar-refractivity contribution in [1.82, 2.24) is 9.97 Å². The number of esters is 1. The van der Waals surface area contributed by atoms with E-state index in [9.17, 15) is 4.79 Å². The quantitative estimate of drug-likeness (QED) is 0.608. The van der Waals surface area contributed by atoms with Crippen molar-refractivity contribution in [2.45, 2.75) is 0 Å². The number of nitrogens with one attached hydrogen (secondary N) is 2. The van der Waals surface area contributed by atoms with Gasteiger partial charge in [0.1, 0.15) is 11.6 Å². The largest absolute Gasteiger partial charge is 0.495 e. The molecule has 7 nitrogen and oxygen atoms in total. The Morgan fingerprint density at radius 2 is 1.81 bits per heavy atom. The molecular weight excluding hydrogens is 368 g/mol. The van der Waals surface area contributed by atoms with E-state index in [0.717, 1.165) is 5.69 Å². The maximum absolute atomic E-state index is 11.5. The molecule has 0 radical (unpaired) electrons. The van der Waals surface area contributed by atoms with Gasteiger partial charge in [0.25, 0.3) is 0 Å². The lowest BCUT2D eigenvalue weighted by molar-refractivity contribution is 0.0601. The first-order valence-corrected chi connectivity index (χ1v) is 8.36. The first-order chi connectivity index (χ1) is 13.1. The summed E-state index contributed by atoms with van der Waals surface area (Å²) in [4.78, 5) is 20.1. The molecule has 0 atom stereocenters. The fourth-order valence-electron chi connectivity index (χ4n) is 2.34. The van der Waals surface area contributed by atoms with Crippen molar-refractivity contribution in [1.29, 1.82) is 0 Å². The van der Waals surface area contributed by atoms with E-state index in [-0.39, 0.29) is 5.97 Å². The van der Waals surface area contributed by atoms with Gasteiger partial charge in [-0.3, -0.25) is 0 Å². The molecule has 138 valence electrons. The zero-order valence-electron chi connectivity index (χ0n) is 14.7. The second kappa shape index (κ2) is 8.37. The summed E-state index contributed by atoms with van der Waals surface area (Å²) in [6.45, 7) is 0. The topological polar surface area (TPSA) is 85.4 Å². The van der Waals surface area contributed by atoms with E-state index in [1.807, 2.05) is 0 Å². The molecule has 27 heavy (non-hydrogen) atoms. The minimum atomic E-state index is -0.389. The number of ether oxygens (including phenoxy) is 2. The van der Waals surface area contributed by atoms with Crippen molar-refractivity contribution in [2.24, 2.45) is 0 Å². The van der Waals surface area contributed by atoms with Crippen LogP contribution in [0.15, 0.2) is 54.7 Å². The predicted molar refractivity (Wildman–Crippen MR) is 104 cm³/mol. The molecule has 0 unspecified atom stereocenters. The summed E-state index contributed by atoms with van der Waals surface area (Å²) in [6, 6.07) is 13.8. The van der Waals surface area contributed by atoms with Gasteiger partial charge in [0.2, 0.25) is 5.95 Å². The second-order valence-corrected chi connectivity index (χ2v) is 5.87. The van der Waals surface area contributed by atoms with Gasteiger partial charge < -0.3 is 20.1 Å². The number of anilines is 4. The summed E-state index contributed by atoms with van der Waals surface area (Å²) < 4.78 is 10.0. The fourth-order valence-corrected chi connectivity index (χ4v) is 2.51. The molecule has 0 aliphatic rings. The molecule has 0 bridgehead atoms. The van der Waals surface area contributed by atoms with E-state index >= 15 is 0 Å². The van der Waals surface area contributed by atoms with Crippen LogP contribution in [0.5, 0.6) is 5.75 Å². The third-order valence-electron chi connectivity index (χ3n) is 3.64. The van der Waals surface area contributed by atoms with E-state index in [1.165, 1.54) is 7.11 Å². The van der Waals surface area contributed by atoms with Gasteiger partial charge in [-0.2, -0.15) is 4.98 Å². The van der Waals surface area contributed by atoms with Gasteiger partial charge in [-0.15, -0.1) is 0 Å². The number of benzene rings is 2.